The molecular weight excluding hydrogens is 520 g/mol. The minimum Gasteiger partial charge on any atom is -0.507 e. The Hall–Kier alpha value is -5.09. The van der Waals surface area contributed by atoms with Gasteiger partial charge in [0, 0.05) is 52.6 Å². The van der Waals surface area contributed by atoms with E-state index >= 15 is 0 Å². The third kappa shape index (κ3) is 3.29. The molecule has 0 bridgehead atoms. The third-order valence-electron chi connectivity index (χ3n) is 7.55. The number of rotatable bonds is 1. The van der Waals surface area contributed by atoms with Gasteiger partial charge in [0.25, 0.3) is 0 Å². The molecule has 0 amide bonds. The maximum absolute atomic E-state index is 13.9. The van der Waals surface area contributed by atoms with Gasteiger partial charge in [-0.1, -0.05) is 0 Å². The normalized spacial score (nSPS) is 18.0. The number of Topliss-reactive ketones (excluding diaryl/α,β-unsaturated/α-hetero) is 1. The predicted molar refractivity (Wildman–Crippen MR) is 141 cm³/mol. The van der Waals surface area contributed by atoms with Crippen LogP contribution >= 0.6 is 0 Å². The van der Waals surface area contributed by atoms with Crippen LogP contribution in [0.5, 0.6) is 34.5 Å². The first kappa shape index (κ1) is 25.2. The number of fused-ring (bicyclic) bond motifs is 4. The van der Waals surface area contributed by atoms with Gasteiger partial charge in [0.1, 0.15) is 34.5 Å². The molecule has 0 fully saturated rings. The molecule has 10 nitrogen and oxygen atoms in total. The molecule has 2 aliphatic carbocycles. The first-order valence-electron chi connectivity index (χ1n) is 12.2. The molecule has 4 aromatic rings. The summed E-state index contributed by atoms with van der Waals surface area (Å²) in [5.41, 5.74) is -3.09. The van der Waals surface area contributed by atoms with E-state index in [1.54, 1.807) is 6.92 Å². The lowest BCUT2D eigenvalue weighted by Crippen LogP contribution is -2.35. The molecule has 6 rings (SSSR count). The lowest BCUT2D eigenvalue weighted by atomic mass is 9.76. The Morgan fingerprint density at radius 3 is 1.93 bits per heavy atom. The number of aliphatic hydroxyl groups is 1. The number of benzene rings is 4. The summed E-state index contributed by atoms with van der Waals surface area (Å²) >= 11 is 0. The molecule has 1 unspecified atom stereocenters. The lowest BCUT2D eigenvalue weighted by Gasteiger charge is -2.30. The smallest absolute Gasteiger partial charge is 0.201 e. The Morgan fingerprint density at radius 2 is 1.23 bits per heavy atom. The first-order valence-corrected chi connectivity index (χ1v) is 12.2. The number of ketones is 3. The number of hydrogen-bond donors (Lipinski definition) is 7. The first-order chi connectivity index (χ1) is 18.7. The molecular formula is C30H22O10. The molecule has 0 saturated heterocycles. The highest BCUT2D eigenvalue weighted by Gasteiger charge is 2.40. The zero-order valence-electron chi connectivity index (χ0n) is 21.2. The molecule has 0 heterocycles. The second-order valence-corrected chi connectivity index (χ2v) is 10.7. The maximum atomic E-state index is 13.9. The fraction of sp³-hybridized carbons (Fsp3) is 0.167. The molecule has 0 aromatic heterocycles. The molecule has 0 aliphatic heterocycles. The van der Waals surface area contributed by atoms with Crippen LogP contribution in [0.4, 0.5) is 0 Å². The lowest BCUT2D eigenvalue weighted by molar-refractivity contribution is 0.0409. The minimum atomic E-state index is -1.45. The van der Waals surface area contributed by atoms with Crippen molar-refractivity contribution in [3.8, 4) is 45.6 Å². The van der Waals surface area contributed by atoms with E-state index in [-0.39, 0.29) is 57.0 Å². The summed E-state index contributed by atoms with van der Waals surface area (Å²) in [4.78, 5) is 40.2. The van der Waals surface area contributed by atoms with Crippen molar-refractivity contribution in [3.63, 3.8) is 0 Å². The van der Waals surface area contributed by atoms with Crippen molar-refractivity contribution in [2.75, 3.05) is 0 Å². The van der Waals surface area contributed by atoms with Gasteiger partial charge < -0.3 is 35.7 Å². The maximum Gasteiger partial charge on any atom is 0.201 e. The van der Waals surface area contributed by atoms with E-state index in [2.05, 4.69) is 0 Å². The summed E-state index contributed by atoms with van der Waals surface area (Å²) in [5, 5.41) is 75.3. The molecule has 0 saturated carbocycles. The van der Waals surface area contributed by atoms with Crippen molar-refractivity contribution in [2.45, 2.75) is 32.3 Å². The average molecular weight is 542 g/mol. The van der Waals surface area contributed by atoms with Crippen LogP contribution in [-0.4, -0.2) is 58.7 Å². The molecule has 40 heavy (non-hydrogen) atoms. The van der Waals surface area contributed by atoms with Crippen LogP contribution in [0.25, 0.3) is 21.9 Å². The monoisotopic (exact) mass is 542 g/mol. The van der Waals surface area contributed by atoms with E-state index < -0.39 is 68.6 Å². The van der Waals surface area contributed by atoms with Crippen molar-refractivity contribution in [1.29, 1.82) is 0 Å². The Bertz CT molecular complexity index is 1900. The van der Waals surface area contributed by atoms with Gasteiger partial charge in [0.2, 0.25) is 5.78 Å². The molecule has 1 atom stereocenters. The van der Waals surface area contributed by atoms with Gasteiger partial charge in [-0.2, -0.15) is 0 Å². The third-order valence-corrected chi connectivity index (χ3v) is 7.55. The van der Waals surface area contributed by atoms with E-state index in [4.69, 9.17) is 0 Å². The Labute approximate surface area is 225 Å². The van der Waals surface area contributed by atoms with Crippen LogP contribution < -0.4 is 0 Å². The summed E-state index contributed by atoms with van der Waals surface area (Å²) < 4.78 is 0. The fourth-order valence-corrected chi connectivity index (χ4v) is 6.02. The van der Waals surface area contributed by atoms with E-state index in [0.717, 1.165) is 12.1 Å². The predicted octanol–water partition coefficient (Wildman–Crippen LogP) is 3.70. The summed E-state index contributed by atoms with van der Waals surface area (Å²) in [6.45, 7) is 3.03. The van der Waals surface area contributed by atoms with E-state index in [9.17, 15) is 50.1 Å². The second-order valence-electron chi connectivity index (χ2n) is 10.7. The Kier molecular flexibility index (Phi) is 5.02. The van der Waals surface area contributed by atoms with Crippen LogP contribution in [0.2, 0.25) is 0 Å². The molecule has 0 radical (unpaired) electrons. The van der Waals surface area contributed by atoms with E-state index in [0.29, 0.717) is 5.56 Å². The minimum absolute atomic E-state index is 0.0730. The van der Waals surface area contributed by atoms with Crippen LogP contribution in [0, 0.1) is 6.92 Å². The van der Waals surface area contributed by atoms with Crippen molar-refractivity contribution in [2.24, 2.45) is 0 Å². The van der Waals surface area contributed by atoms with Gasteiger partial charge in [-0.05, 0) is 43.2 Å². The quantitative estimate of drug-likeness (QED) is 0.164. The summed E-state index contributed by atoms with van der Waals surface area (Å²) in [6.07, 6.45) is -0.351. The molecule has 7 N–H and O–H groups in total. The number of phenolic OH excluding ortho intramolecular Hbond substituents is 6. The molecule has 4 aromatic carbocycles. The topological polar surface area (TPSA) is 193 Å². The number of aryl methyl sites for hydroxylation is 1. The van der Waals surface area contributed by atoms with Crippen LogP contribution in [0.3, 0.4) is 0 Å². The largest absolute Gasteiger partial charge is 0.507 e. The highest BCUT2D eigenvalue weighted by atomic mass is 16.3. The highest BCUT2D eigenvalue weighted by Crippen LogP contribution is 2.53. The fourth-order valence-electron chi connectivity index (χ4n) is 6.02. The number of aromatic hydroxyl groups is 6. The molecule has 10 heteroatoms. The van der Waals surface area contributed by atoms with Crippen molar-refractivity contribution < 1.29 is 50.1 Å². The highest BCUT2D eigenvalue weighted by molar-refractivity contribution is 6.33. The zero-order chi connectivity index (χ0) is 29.0. The van der Waals surface area contributed by atoms with Gasteiger partial charge in [-0.15, -0.1) is 0 Å². The van der Waals surface area contributed by atoms with Crippen LogP contribution in [0.1, 0.15) is 66.7 Å². The molecule has 0 spiro atoms. The molecule has 2 aliphatic rings. The van der Waals surface area contributed by atoms with Crippen LogP contribution in [-0.2, 0) is 6.42 Å². The number of carbonyl (C=O) groups excluding carboxylic acids is 3. The summed E-state index contributed by atoms with van der Waals surface area (Å²) in [5.74, 6) is -6.12. The number of carbonyl (C=O) groups is 3. The van der Waals surface area contributed by atoms with Gasteiger partial charge in [-0.3, -0.25) is 14.4 Å². The molecule has 202 valence electrons. The SMILES string of the molecule is Cc1cc(O)c2c(c1)C(=O)c1c(c(O)cc(O)c1-c1c(O)cc(O)c3c(O)c4c(cc13)CC(C)(O)CC4=O)C2=O. The van der Waals surface area contributed by atoms with E-state index in [1.165, 1.54) is 25.1 Å². The van der Waals surface area contributed by atoms with Gasteiger partial charge in [0.15, 0.2) is 11.6 Å². The Balaban J connectivity index is 1.76. The van der Waals surface area contributed by atoms with Crippen molar-refractivity contribution >= 4 is 28.1 Å². The van der Waals surface area contributed by atoms with E-state index in [1.807, 2.05) is 0 Å². The second kappa shape index (κ2) is 7.96. The average Bonchev–Trinajstić information content (AvgIpc) is 2.81. The standard InChI is InChI=1S/C30H22O10/c1-10-3-13-23(14(31)4-10)29(39)25-18(35)7-17(34)24(26(25)27(13)37)21-12-5-11-8-30(2,40)9-19(36)20(11)28(38)22(12)16(33)6-15(21)32/h3-7,31-35,38,40H,8-9H2,1-2H3. The summed E-state index contributed by atoms with van der Waals surface area (Å²) in [7, 11) is 0. The Morgan fingerprint density at radius 1 is 0.625 bits per heavy atom. The zero-order valence-corrected chi connectivity index (χ0v) is 21.2. The summed E-state index contributed by atoms with van der Waals surface area (Å²) in [6, 6.07) is 5.66. The van der Waals surface area contributed by atoms with Gasteiger partial charge in [-0.25, -0.2) is 0 Å². The van der Waals surface area contributed by atoms with Gasteiger partial charge >= 0.3 is 0 Å². The number of hydrogen-bond acceptors (Lipinski definition) is 10. The van der Waals surface area contributed by atoms with Crippen molar-refractivity contribution in [1.82, 2.24) is 0 Å². The van der Waals surface area contributed by atoms with Crippen LogP contribution in [0.15, 0.2) is 30.3 Å². The van der Waals surface area contributed by atoms with Crippen molar-refractivity contribution in [3.05, 3.63) is 69.3 Å². The number of phenols is 6. The van der Waals surface area contributed by atoms with Gasteiger partial charge in [0.05, 0.1) is 27.7 Å².